The largest absolute Gasteiger partial charge is 0.397 e. The lowest BCUT2D eigenvalue weighted by atomic mass is 10.2. The van der Waals surface area contributed by atoms with Crippen molar-refractivity contribution >= 4 is 17.1 Å². The topological polar surface area (TPSA) is 76.4 Å². The molecule has 4 nitrogen and oxygen atoms in total. The fourth-order valence-corrected chi connectivity index (χ4v) is 1.08. The molecule has 0 spiro atoms. The van der Waals surface area contributed by atoms with Crippen molar-refractivity contribution < 1.29 is 0 Å². The molecule has 0 amide bonds. The highest BCUT2D eigenvalue weighted by Crippen LogP contribution is 2.01. The lowest BCUT2D eigenvalue weighted by molar-refractivity contribution is 0.833. The van der Waals surface area contributed by atoms with Crippen molar-refractivity contribution in [2.75, 3.05) is 0 Å². The molecule has 5 N–H and O–H groups in total. The molecule has 84 valence electrons. The van der Waals surface area contributed by atoms with Gasteiger partial charge in [0.1, 0.15) is 0 Å². The van der Waals surface area contributed by atoms with Crippen molar-refractivity contribution in [3.8, 4) is 0 Å². The van der Waals surface area contributed by atoms with Crippen LogP contribution in [0.25, 0.3) is 0 Å². The summed E-state index contributed by atoms with van der Waals surface area (Å²) in [6.45, 7) is 11.2. The van der Waals surface area contributed by atoms with Gasteiger partial charge in [-0.1, -0.05) is 19.2 Å². The third-order valence-corrected chi connectivity index (χ3v) is 1.90. The SMILES string of the molecule is C=CC(=C)/C(N)=C\N/C(=N/C(C)C)SN. The summed E-state index contributed by atoms with van der Waals surface area (Å²) in [5.74, 6) is 0. The summed E-state index contributed by atoms with van der Waals surface area (Å²) in [5, 5.41) is 8.95. The zero-order valence-corrected chi connectivity index (χ0v) is 9.97. The molecule has 0 atom stereocenters. The standard InChI is InChI=1S/C10H18N4S/c1-5-8(4)9(11)6-13-10(15-12)14-7(2)3/h5-7H,1,4,11-12H2,2-3H3,(H,13,14)/b9-6+. The van der Waals surface area contributed by atoms with Gasteiger partial charge in [0.05, 0.1) is 5.70 Å². The van der Waals surface area contributed by atoms with E-state index in [0.717, 1.165) is 11.9 Å². The van der Waals surface area contributed by atoms with Gasteiger partial charge in [-0.3, -0.25) is 10.1 Å². The van der Waals surface area contributed by atoms with E-state index in [1.165, 1.54) is 0 Å². The molecule has 0 aromatic rings. The first-order chi connectivity index (χ1) is 7.01. The van der Waals surface area contributed by atoms with Crippen LogP contribution in [0.5, 0.6) is 0 Å². The van der Waals surface area contributed by atoms with Gasteiger partial charge >= 0.3 is 0 Å². The second kappa shape index (κ2) is 7.14. The van der Waals surface area contributed by atoms with Crippen molar-refractivity contribution in [3.63, 3.8) is 0 Å². The highest BCUT2D eigenvalue weighted by Gasteiger charge is 1.97. The Morgan fingerprint density at radius 1 is 1.53 bits per heavy atom. The van der Waals surface area contributed by atoms with Gasteiger partial charge in [-0.15, -0.1) is 0 Å². The lowest BCUT2D eigenvalue weighted by Gasteiger charge is -2.06. The first-order valence-electron chi connectivity index (χ1n) is 4.49. The van der Waals surface area contributed by atoms with Gasteiger partial charge in [-0.05, 0) is 31.4 Å². The quantitative estimate of drug-likeness (QED) is 0.294. The van der Waals surface area contributed by atoms with E-state index in [9.17, 15) is 0 Å². The molecular weight excluding hydrogens is 208 g/mol. The van der Waals surface area contributed by atoms with E-state index in [1.54, 1.807) is 12.3 Å². The Morgan fingerprint density at radius 3 is 2.53 bits per heavy atom. The van der Waals surface area contributed by atoms with Crippen molar-refractivity contribution in [3.05, 3.63) is 36.7 Å². The van der Waals surface area contributed by atoms with Crippen molar-refractivity contribution in [2.24, 2.45) is 15.9 Å². The molecule has 0 saturated heterocycles. The first kappa shape index (κ1) is 13.8. The van der Waals surface area contributed by atoms with Gasteiger partial charge < -0.3 is 11.1 Å². The summed E-state index contributed by atoms with van der Waals surface area (Å²) >= 11 is 1.04. The Kier molecular flexibility index (Phi) is 6.57. The van der Waals surface area contributed by atoms with Gasteiger partial charge in [0, 0.05) is 12.2 Å². The van der Waals surface area contributed by atoms with Crippen molar-refractivity contribution in [2.45, 2.75) is 19.9 Å². The summed E-state index contributed by atoms with van der Waals surface area (Å²) in [6, 6.07) is 0.181. The van der Waals surface area contributed by atoms with Crippen LogP contribution >= 0.6 is 11.9 Å². The minimum Gasteiger partial charge on any atom is -0.397 e. The molecule has 0 unspecified atom stereocenters. The minimum atomic E-state index is 0.181. The van der Waals surface area contributed by atoms with E-state index in [4.69, 9.17) is 10.9 Å². The molecule has 0 aliphatic heterocycles. The van der Waals surface area contributed by atoms with Crippen LogP contribution in [0, 0.1) is 0 Å². The maximum atomic E-state index is 5.68. The van der Waals surface area contributed by atoms with Crippen molar-refractivity contribution in [1.29, 1.82) is 0 Å². The predicted octanol–water partition coefficient (Wildman–Crippen LogP) is 1.49. The van der Waals surface area contributed by atoms with Gasteiger partial charge in [-0.2, -0.15) is 0 Å². The molecule has 0 fully saturated rings. The number of nitrogens with one attached hydrogen (secondary N) is 1. The molecule has 0 aliphatic carbocycles. The van der Waals surface area contributed by atoms with E-state index in [1.807, 2.05) is 13.8 Å². The third-order valence-electron chi connectivity index (χ3n) is 1.46. The molecule has 0 rings (SSSR count). The number of allylic oxidation sites excluding steroid dienone is 1. The van der Waals surface area contributed by atoms with Crippen LogP contribution in [0.3, 0.4) is 0 Å². The van der Waals surface area contributed by atoms with E-state index in [-0.39, 0.29) is 6.04 Å². The summed E-state index contributed by atoms with van der Waals surface area (Å²) in [4.78, 5) is 4.24. The average molecular weight is 226 g/mol. The van der Waals surface area contributed by atoms with E-state index >= 15 is 0 Å². The molecule has 0 aromatic carbocycles. The van der Waals surface area contributed by atoms with Crippen LogP contribution in [0.15, 0.2) is 41.7 Å². The van der Waals surface area contributed by atoms with Crippen LogP contribution < -0.4 is 16.2 Å². The number of hydrogen-bond acceptors (Lipinski definition) is 4. The van der Waals surface area contributed by atoms with E-state index < -0.39 is 0 Å². The zero-order chi connectivity index (χ0) is 11.8. The van der Waals surface area contributed by atoms with Gasteiger partial charge in [-0.25, -0.2) is 0 Å². The fourth-order valence-electron chi connectivity index (χ4n) is 0.686. The van der Waals surface area contributed by atoms with Crippen LogP contribution in [-0.2, 0) is 0 Å². The second-order valence-electron chi connectivity index (χ2n) is 3.12. The normalized spacial score (nSPS) is 12.8. The Morgan fingerprint density at radius 2 is 2.13 bits per heavy atom. The zero-order valence-electron chi connectivity index (χ0n) is 9.16. The summed E-state index contributed by atoms with van der Waals surface area (Å²) in [5.41, 5.74) is 6.85. The number of aliphatic imine (C=N–C) groups is 1. The Balaban J connectivity index is 4.46. The fraction of sp³-hybridized carbons (Fsp3) is 0.300. The Bertz CT molecular complexity index is 292. The monoisotopic (exact) mass is 226 g/mol. The molecule has 0 saturated carbocycles. The van der Waals surface area contributed by atoms with E-state index in [0.29, 0.717) is 16.4 Å². The highest BCUT2D eigenvalue weighted by atomic mass is 32.2. The van der Waals surface area contributed by atoms with Gasteiger partial charge in [0.15, 0.2) is 5.17 Å². The molecule has 5 heteroatoms. The summed E-state index contributed by atoms with van der Waals surface area (Å²) in [6.07, 6.45) is 3.19. The molecule has 0 bridgehead atoms. The van der Waals surface area contributed by atoms with Gasteiger partial charge in [0.2, 0.25) is 0 Å². The Labute approximate surface area is 95.3 Å². The van der Waals surface area contributed by atoms with Crippen LogP contribution in [0.4, 0.5) is 0 Å². The minimum absolute atomic E-state index is 0.181. The van der Waals surface area contributed by atoms with Crippen LogP contribution in [0.2, 0.25) is 0 Å². The Hall–Kier alpha value is -1.20. The molecular formula is C10H18N4S. The highest BCUT2D eigenvalue weighted by molar-refractivity contribution is 8.11. The van der Waals surface area contributed by atoms with Crippen LogP contribution in [0.1, 0.15) is 13.8 Å². The number of rotatable bonds is 4. The predicted molar refractivity (Wildman–Crippen MR) is 69.1 cm³/mol. The molecule has 15 heavy (non-hydrogen) atoms. The number of amidine groups is 1. The second-order valence-corrected chi connectivity index (χ2v) is 3.74. The number of hydrogen-bond donors (Lipinski definition) is 3. The smallest absolute Gasteiger partial charge is 0.176 e. The van der Waals surface area contributed by atoms with E-state index in [2.05, 4.69) is 23.5 Å². The van der Waals surface area contributed by atoms with Crippen molar-refractivity contribution in [1.82, 2.24) is 5.32 Å². The van der Waals surface area contributed by atoms with Gasteiger partial charge in [0.25, 0.3) is 0 Å². The summed E-state index contributed by atoms with van der Waals surface area (Å²) in [7, 11) is 0. The maximum Gasteiger partial charge on any atom is 0.176 e. The number of nitrogens with zero attached hydrogens (tertiary/aromatic N) is 1. The number of nitrogens with two attached hydrogens (primary N) is 2. The first-order valence-corrected chi connectivity index (χ1v) is 5.37. The molecule has 0 aromatic heterocycles. The van der Waals surface area contributed by atoms with Crippen LogP contribution in [-0.4, -0.2) is 11.2 Å². The third kappa shape index (κ3) is 5.98. The average Bonchev–Trinajstić information content (AvgIpc) is 2.21. The molecule has 0 radical (unpaired) electrons. The lowest BCUT2D eigenvalue weighted by Crippen LogP contribution is -2.19. The summed E-state index contributed by atoms with van der Waals surface area (Å²) < 4.78 is 0. The maximum absolute atomic E-state index is 5.68. The molecule has 0 aliphatic rings. The molecule has 0 heterocycles.